The number of furan rings is 1. The van der Waals surface area contributed by atoms with E-state index in [9.17, 15) is 4.79 Å². The molecule has 23 heavy (non-hydrogen) atoms. The Morgan fingerprint density at radius 1 is 1.35 bits per heavy atom. The van der Waals surface area contributed by atoms with Crippen molar-refractivity contribution >= 4 is 5.91 Å². The van der Waals surface area contributed by atoms with Crippen molar-refractivity contribution in [2.75, 3.05) is 6.61 Å². The zero-order valence-electron chi connectivity index (χ0n) is 14.3. The molecule has 3 heterocycles. The Morgan fingerprint density at radius 2 is 2.09 bits per heavy atom. The number of carbonyl (C=O) groups excluding carboxylic acids is 1. The Morgan fingerprint density at radius 3 is 2.65 bits per heavy atom. The average molecular weight is 317 g/mol. The van der Waals surface area contributed by atoms with Crippen molar-refractivity contribution in [2.45, 2.75) is 46.3 Å². The van der Waals surface area contributed by atoms with Gasteiger partial charge in [0.15, 0.2) is 0 Å². The summed E-state index contributed by atoms with van der Waals surface area (Å²) in [6, 6.07) is 1.72. The number of nitrogens with zero attached hydrogens (tertiary/aromatic N) is 2. The van der Waals surface area contributed by atoms with E-state index >= 15 is 0 Å². The van der Waals surface area contributed by atoms with Gasteiger partial charge in [-0.05, 0) is 40.2 Å². The SMILES string of the molecule is Cc1cc(C(=O)N[C@H]2CCO[C@@H]2c2c(C)nn(C)c2C)c(C)o1. The molecule has 3 rings (SSSR count). The summed E-state index contributed by atoms with van der Waals surface area (Å²) >= 11 is 0. The number of hydrogen-bond acceptors (Lipinski definition) is 4. The number of nitrogens with one attached hydrogen (secondary N) is 1. The summed E-state index contributed by atoms with van der Waals surface area (Å²) in [5.41, 5.74) is 3.69. The highest BCUT2D eigenvalue weighted by molar-refractivity contribution is 5.95. The third-order valence-corrected chi connectivity index (χ3v) is 4.54. The van der Waals surface area contributed by atoms with E-state index in [1.165, 1.54) is 0 Å². The van der Waals surface area contributed by atoms with E-state index in [2.05, 4.69) is 10.4 Å². The Balaban J connectivity index is 1.82. The summed E-state index contributed by atoms with van der Waals surface area (Å²) in [5, 5.41) is 7.55. The number of ether oxygens (including phenoxy) is 1. The third-order valence-electron chi connectivity index (χ3n) is 4.54. The Kier molecular flexibility index (Phi) is 4.02. The molecule has 0 saturated carbocycles. The van der Waals surface area contributed by atoms with Crippen molar-refractivity contribution in [3.8, 4) is 0 Å². The summed E-state index contributed by atoms with van der Waals surface area (Å²) in [5.74, 6) is 1.27. The molecule has 2 aromatic rings. The van der Waals surface area contributed by atoms with Crippen molar-refractivity contribution in [1.29, 1.82) is 0 Å². The molecule has 0 aliphatic carbocycles. The monoisotopic (exact) mass is 317 g/mol. The first-order valence-electron chi connectivity index (χ1n) is 7.88. The molecule has 1 aliphatic rings. The number of aryl methyl sites for hydroxylation is 4. The standard InChI is InChI=1S/C17H23N3O3/c1-9-8-13(12(4)23-9)17(21)18-14-6-7-22-16(14)15-10(2)19-20(5)11(15)3/h8,14,16H,6-7H2,1-5H3,(H,18,21)/t14-,16-/m0/s1. The lowest BCUT2D eigenvalue weighted by atomic mass is 10.00. The summed E-state index contributed by atoms with van der Waals surface area (Å²) < 4.78 is 13.2. The Hall–Kier alpha value is -2.08. The minimum atomic E-state index is -0.152. The zero-order chi connectivity index (χ0) is 16.7. The molecule has 1 saturated heterocycles. The van der Waals surface area contributed by atoms with Crippen LogP contribution in [0.4, 0.5) is 0 Å². The van der Waals surface area contributed by atoms with Gasteiger partial charge in [-0.15, -0.1) is 0 Å². The molecular weight excluding hydrogens is 294 g/mol. The summed E-state index contributed by atoms with van der Waals surface area (Å²) in [7, 11) is 1.92. The molecule has 2 atom stereocenters. The number of amides is 1. The van der Waals surface area contributed by atoms with Crippen molar-refractivity contribution in [1.82, 2.24) is 15.1 Å². The van der Waals surface area contributed by atoms with Gasteiger partial charge < -0.3 is 14.5 Å². The Labute approximate surface area is 135 Å². The van der Waals surface area contributed by atoms with Gasteiger partial charge >= 0.3 is 0 Å². The zero-order valence-corrected chi connectivity index (χ0v) is 14.3. The van der Waals surface area contributed by atoms with E-state index in [1.807, 2.05) is 32.5 Å². The van der Waals surface area contributed by atoms with E-state index < -0.39 is 0 Å². The van der Waals surface area contributed by atoms with E-state index in [4.69, 9.17) is 9.15 Å². The molecule has 1 fully saturated rings. The normalized spacial score (nSPS) is 20.9. The highest BCUT2D eigenvalue weighted by Gasteiger charge is 2.35. The lowest BCUT2D eigenvalue weighted by Crippen LogP contribution is -2.37. The third kappa shape index (κ3) is 2.79. The molecule has 1 aliphatic heterocycles. The lowest BCUT2D eigenvalue weighted by Gasteiger charge is -2.20. The first-order valence-corrected chi connectivity index (χ1v) is 7.88. The van der Waals surface area contributed by atoms with Gasteiger partial charge in [0.25, 0.3) is 5.91 Å². The number of aromatic nitrogens is 2. The second kappa shape index (κ2) is 5.85. The largest absolute Gasteiger partial charge is 0.466 e. The van der Waals surface area contributed by atoms with Gasteiger partial charge in [-0.2, -0.15) is 5.10 Å². The smallest absolute Gasteiger partial charge is 0.255 e. The van der Waals surface area contributed by atoms with E-state index in [0.717, 1.165) is 29.1 Å². The van der Waals surface area contributed by atoms with Crippen molar-refractivity contribution < 1.29 is 13.9 Å². The molecular formula is C17H23N3O3. The fourth-order valence-corrected chi connectivity index (χ4v) is 3.33. The molecule has 2 aromatic heterocycles. The van der Waals surface area contributed by atoms with Gasteiger partial charge in [0, 0.05) is 24.9 Å². The van der Waals surface area contributed by atoms with Crippen LogP contribution in [0.3, 0.4) is 0 Å². The van der Waals surface area contributed by atoms with Gasteiger partial charge in [0.05, 0.1) is 17.3 Å². The van der Waals surface area contributed by atoms with Gasteiger partial charge in [-0.3, -0.25) is 9.48 Å². The molecule has 0 radical (unpaired) electrons. The highest BCUT2D eigenvalue weighted by Crippen LogP contribution is 2.33. The second-order valence-corrected chi connectivity index (χ2v) is 6.20. The van der Waals surface area contributed by atoms with Crippen LogP contribution in [0.5, 0.6) is 0 Å². The van der Waals surface area contributed by atoms with Crippen LogP contribution in [0.2, 0.25) is 0 Å². The summed E-state index contributed by atoms with van der Waals surface area (Å²) in [6.07, 6.45) is 0.640. The first kappa shape index (κ1) is 15.8. The van der Waals surface area contributed by atoms with Crippen LogP contribution >= 0.6 is 0 Å². The molecule has 0 unspecified atom stereocenters. The average Bonchev–Trinajstić information content (AvgIpc) is 3.11. The van der Waals surface area contributed by atoms with Gasteiger partial charge in [-0.25, -0.2) is 0 Å². The maximum atomic E-state index is 12.5. The quantitative estimate of drug-likeness (QED) is 0.944. The van der Waals surface area contributed by atoms with Gasteiger partial charge in [-0.1, -0.05) is 0 Å². The number of rotatable bonds is 3. The van der Waals surface area contributed by atoms with Crippen LogP contribution in [0.25, 0.3) is 0 Å². The molecule has 1 N–H and O–H groups in total. The van der Waals surface area contributed by atoms with Crippen LogP contribution in [0, 0.1) is 27.7 Å². The van der Waals surface area contributed by atoms with Crippen LogP contribution in [0.1, 0.15) is 51.4 Å². The first-order chi connectivity index (χ1) is 10.9. The van der Waals surface area contributed by atoms with Crippen molar-refractivity contribution in [3.63, 3.8) is 0 Å². The molecule has 124 valence electrons. The molecule has 0 bridgehead atoms. The fraction of sp³-hybridized carbons (Fsp3) is 0.529. The maximum absolute atomic E-state index is 12.5. The van der Waals surface area contributed by atoms with E-state index in [0.29, 0.717) is 17.9 Å². The number of hydrogen-bond donors (Lipinski definition) is 1. The van der Waals surface area contributed by atoms with Gasteiger partial charge in [0.2, 0.25) is 0 Å². The van der Waals surface area contributed by atoms with Gasteiger partial charge in [0.1, 0.15) is 17.6 Å². The predicted molar refractivity (Wildman–Crippen MR) is 85.4 cm³/mol. The topological polar surface area (TPSA) is 69.3 Å². The molecule has 0 spiro atoms. The second-order valence-electron chi connectivity index (χ2n) is 6.20. The predicted octanol–water partition coefficient (Wildman–Crippen LogP) is 2.51. The lowest BCUT2D eigenvalue weighted by molar-refractivity contribution is 0.0816. The minimum Gasteiger partial charge on any atom is -0.466 e. The summed E-state index contributed by atoms with van der Waals surface area (Å²) in [4.78, 5) is 12.5. The van der Waals surface area contributed by atoms with E-state index in [1.54, 1.807) is 13.0 Å². The summed E-state index contributed by atoms with van der Waals surface area (Å²) in [6.45, 7) is 8.28. The minimum absolute atomic E-state index is 0.0568. The van der Waals surface area contributed by atoms with Crippen LogP contribution < -0.4 is 5.32 Å². The van der Waals surface area contributed by atoms with Crippen molar-refractivity contribution in [3.05, 3.63) is 40.1 Å². The van der Waals surface area contributed by atoms with Crippen LogP contribution in [-0.4, -0.2) is 28.3 Å². The van der Waals surface area contributed by atoms with E-state index in [-0.39, 0.29) is 18.1 Å². The molecule has 6 nitrogen and oxygen atoms in total. The van der Waals surface area contributed by atoms with Crippen LogP contribution in [0.15, 0.2) is 10.5 Å². The number of carbonyl (C=O) groups is 1. The fourth-order valence-electron chi connectivity index (χ4n) is 3.33. The molecule has 0 aromatic carbocycles. The maximum Gasteiger partial charge on any atom is 0.255 e. The molecule has 1 amide bonds. The molecule has 6 heteroatoms. The van der Waals surface area contributed by atoms with Crippen LogP contribution in [-0.2, 0) is 11.8 Å². The van der Waals surface area contributed by atoms with Crippen molar-refractivity contribution in [2.24, 2.45) is 7.05 Å². The Bertz CT molecular complexity index is 745. The highest BCUT2D eigenvalue weighted by atomic mass is 16.5.